The summed E-state index contributed by atoms with van der Waals surface area (Å²) in [4.78, 5) is 0. The standard InChI is InChI=1S/C23H11Br15N2/c24-8-4(9(25)15(31)20(36)14(8)30)1-7(39)23(40,2-5-10(26)16(32)21(37)17(33)11(5)27)3-6-12(28)18(34)22(38)19(35)13(6)29/h7H,1-3,39-40H2. The minimum Gasteiger partial charge on any atom is -0.326 e. The molecule has 0 heterocycles. The molecule has 0 saturated heterocycles. The normalized spacial score (nSPS) is 12.8. The van der Waals surface area contributed by atoms with Crippen molar-refractivity contribution in [2.24, 2.45) is 11.5 Å². The van der Waals surface area contributed by atoms with Crippen LogP contribution in [0, 0.1) is 0 Å². The van der Waals surface area contributed by atoms with Gasteiger partial charge in [-0.05, 0) is 275 Å². The highest BCUT2D eigenvalue weighted by atomic mass is 79.9. The minimum absolute atomic E-state index is 0.443. The predicted molar refractivity (Wildman–Crippen MR) is 221 cm³/mol. The summed E-state index contributed by atoms with van der Waals surface area (Å²) >= 11 is 55.7. The zero-order chi connectivity index (χ0) is 30.6. The average molecular weight is 1510 g/mol. The maximum Gasteiger partial charge on any atom is 0.0482 e. The van der Waals surface area contributed by atoms with Crippen LogP contribution in [0.15, 0.2) is 67.1 Å². The molecule has 0 fully saturated rings. The van der Waals surface area contributed by atoms with Gasteiger partial charge in [-0.15, -0.1) is 0 Å². The molecule has 0 aromatic heterocycles. The third-order valence-electron chi connectivity index (χ3n) is 6.08. The van der Waals surface area contributed by atoms with Crippen LogP contribution in [0.25, 0.3) is 0 Å². The lowest BCUT2D eigenvalue weighted by molar-refractivity contribution is 0.332. The monoisotopic (exact) mass is 1500 g/mol. The Kier molecular flexibility index (Phi) is 15.7. The van der Waals surface area contributed by atoms with Crippen LogP contribution in [-0.2, 0) is 19.3 Å². The number of rotatable bonds is 7. The van der Waals surface area contributed by atoms with Crippen molar-refractivity contribution in [1.82, 2.24) is 0 Å². The second-order valence-corrected chi connectivity index (χ2v) is 20.4. The van der Waals surface area contributed by atoms with Crippen LogP contribution in [0.3, 0.4) is 0 Å². The average Bonchev–Trinajstić information content (AvgIpc) is 2.93. The molecule has 3 rings (SSSR count). The molecule has 40 heavy (non-hydrogen) atoms. The van der Waals surface area contributed by atoms with Crippen LogP contribution in [0.5, 0.6) is 0 Å². The molecule has 0 aliphatic carbocycles. The molecular formula is C23H11Br15N2. The molecular weight excluding hydrogens is 1500 g/mol. The summed E-state index contributed by atoms with van der Waals surface area (Å²) in [5, 5.41) is 0. The molecule has 0 spiro atoms. The van der Waals surface area contributed by atoms with Crippen LogP contribution in [0.4, 0.5) is 0 Å². The van der Waals surface area contributed by atoms with E-state index >= 15 is 0 Å². The van der Waals surface area contributed by atoms with Crippen molar-refractivity contribution in [3.05, 3.63) is 83.8 Å². The smallest absolute Gasteiger partial charge is 0.0482 e. The molecule has 0 saturated carbocycles. The highest BCUT2D eigenvalue weighted by Crippen LogP contribution is 2.49. The first kappa shape index (κ1) is 39.2. The van der Waals surface area contributed by atoms with Crippen molar-refractivity contribution >= 4 is 239 Å². The van der Waals surface area contributed by atoms with Crippen LogP contribution in [0.2, 0.25) is 0 Å². The van der Waals surface area contributed by atoms with Crippen molar-refractivity contribution in [1.29, 1.82) is 0 Å². The molecule has 4 N–H and O–H groups in total. The van der Waals surface area contributed by atoms with Gasteiger partial charge in [-0.3, -0.25) is 0 Å². The highest BCUT2D eigenvalue weighted by molar-refractivity contribution is 9.17. The minimum atomic E-state index is -0.930. The lowest BCUT2D eigenvalue weighted by Crippen LogP contribution is -2.59. The molecule has 3 aromatic carbocycles. The molecule has 1 atom stereocenters. The van der Waals surface area contributed by atoms with Gasteiger partial charge in [0.2, 0.25) is 0 Å². The van der Waals surface area contributed by atoms with Gasteiger partial charge >= 0.3 is 0 Å². The van der Waals surface area contributed by atoms with E-state index < -0.39 is 11.6 Å². The maximum absolute atomic E-state index is 7.46. The van der Waals surface area contributed by atoms with Crippen molar-refractivity contribution in [3.63, 3.8) is 0 Å². The van der Waals surface area contributed by atoms with Gasteiger partial charge in [0, 0.05) is 78.7 Å². The van der Waals surface area contributed by atoms with E-state index in [9.17, 15) is 0 Å². The molecule has 0 radical (unpaired) electrons. The van der Waals surface area contributed by atoms with Gasteiger partial charge in [0.05, 0.1) is 0 Å². The van der Waals surface area contributed by atoms with Crippen molar-refractivity contribution in [2.75, 3.05) is 0 Å². The fourth-order valence-corrected chi connectivity index (χ4v) is 14.1. The van der Waals surface area contributed by atoms with Crippen LogP contribution < -0.4 is 11.5 Å². The molecule has 0 aliphatic rings. The Balaban J connectivity index is 2.25. The summed E-state index contributed by atoms with van der Waals surface area (Å²) in [6, 6.07) is -0.486. The van der Waals surface area contributed by atoms with E-state index in [-0.39, 0.29) is 0 Å². The molecule has 17 heteroatoms. The topological polar surface area (TPSA) is 52.0 Å². The van der Waals surface area contributed by atoms with Crippen LogP contribution >= 0.6 is 239 Å². The summed E-state index contributed by atoms with van der Waals surface area (Å²) in [6.45, 7) is 0. The summed E-state index contributed by atoms with van der Waals surface area (Å²) in [5.41, 5.74) is 16.6. The Morgan fingerprint density at radius 2 is 0.575 bits per heavy atom. The lowest BCUT2D eigenvalue weighted by Gasteiger charge is -2.38. The first-order valence-corrected chi connectivity index (χ1v) is 22.3. The van der Waals surface area contributed by atoms with Crippen molar-refractivity contribution in [3.8, 4) is 0 Å². The van der Waals surface area contributed by atoms with E-state index in [0.29, 0.717) is 19.3 Å². The molecule has 0 aliphatic heterocycles. The molecule has 0 bridgehead atoms. The first-order chi connectivity index (χ1) is 18.4. The van der Waals surface area contributed by atoms with Crippen LogP contribution in [-0.4, -0.2) is 11.6 Å². The third-order valence-corrected chi connectivity index (χ3v) is 24.8. The molecule has 3 aromatic rings. The third kappa shape index (κ3) is 7.97. The maximum atomic E-state index is 7.46. The molecule has 2 nitrogen and oxygen atoms in total. The fourth-order valence-electron chi connectivity index (χ4n) is 3.85. The Morgan fingerprint density at radius 3 is 0.825 bits per heavy atom. The summed E-state index contributed by atoms with van der Waals surface area (Å²) in [5.74, 6) is 0. The Bertz CT molecular complexity index is 1360. The summed E-state index contributed by atoms with van der Waals surface area (Å²) in [7, 11) is 0. The van der Waals surface area contributed by atoms with Crippen molar-refractivity contribution in [2.45, 2.75) is 30.8 Å². The van der Waals surface area contributed by atoms with Crippen molar-refractivity contribution < 1.29 is 0 Å². The fraction of sp³-hybridized carbons (Fsp3) is 0.217. The van der Waals surface area contributed by atoms with Gasteiger partial charge in [-0.1, -0.05) is 0 Å². The number of hydrogen-bond donors (Lipinski definition) is 2. The number of benzene rings is 3. The summed E-state index contributed by atoms with van der Waals surface area (Å²) < 4.78 is 13.2. The SMILES string of the molecule is NC(Cc1c(Br)c(Br)c(Br)c(Br)c1Br)C(N)(Cc1c(Br)c(Br)c(Br)c(Br)c1Br)Cc1c(Br)c(Br)c(Br)c(Br)c1Br. The highest BCUT2D eigenvalue weighted by Gasteiger charge is 2.38. The zero-order valence-electron chi connectivity index (χ0n) is 19.0. The van der Waals surface area contributed by atoms with Gasteiger partial charge in [0.1, 0.15) is 0 Å². The van der Waals surface area contributed by atoms with Gasteiger partial charge in [-0.2, -0.15) is 0 Å². The predicted octanol–water partition coefficient (Wildman–Crippen LogP) is 15.2. The van der Waals surface area contributed by atoms with E-state index in [1.807, 2.05) is 0 Å². The van der Waals surface area contributed by atoms with Gasteiger partial charge in [-0.25, -0.2) is 0 Å². The van der Waals surface area contributed by atoms with Crippen LogP contribution in [0.1, 0.15) is 16.7 Å². The quantitative estimate of drug-likeness (QED) is 0.183. The van der Waals surface area contributed by atoms with E-state index in [1.165, 1.54) is 0 Å². The second kappa shape index (κ2) is 16.0. The van der Waals surface area contributed by atoms with Gasteiger partial charge < -0.3 is 11.5 Å². The van der Waals surface area contributed by atoms with Gasteiger partial charge in [0.15, 0.2) is 0 Å². The van der Waals surface area contributed by atoms with E-state index in [4.69, 9.17) is 11.5 Å². The number of hydrogen-bond acceptors (Lipinski definition) is 2. The van der Waals surface area contributed by atoms with Gasteiger partial charge in [0.25, 0.3) is 0 Å². The Morgan fingerprint density at radius 1 is 0.375 bits per heavy atom. The zero-order valence-corrected chi connectivity index (χ0v) is 42.8. The lowest BCUT2D eigenvalue weighted by atomic mass is 9.77. The molecule has 218 valence electrons. The molecule has 0 amide bonds. The molecule has 1 unspecified atom stereocenters. The summed E-state index contributed by atoms with van der Waals surface area (Å²) in [6.07, 6.45) is 1.36. The largest absolute Gasteiger partial charge is 0.326 e. The second-order valence-electron chi connectivity index (χ2n) is 8.54. The van der Waals surface area contributed by atoms with E-state index in [2.05, 4.69) is 239 Å². The Labute approximate surface area is 358 Å². The Hall–Kier alpha value is 4.78. The van der Waals surface area contributed by atoms with E-state index in [0.717, 1.165) is 83.8 Å². The first-order valence-electron chi connectivity index (χ1n) is 10.4. The van der Waals surface area contributed by atoms with E-state index in [1.54, 1.807) is 0 Å². The number of nitrogens with two attached hydrogens (primary N) is 2. The number of halogens is 15.